The van der Waals surface area contributed by atoms with E-state index >= 15 is 0 Å². The van der Waals surface area contributed by atoms with Crippen molar-refractivity contribution in [3.63, 3.8) is 0 Å². The van der Waals surface area contributed by atoms with E-state index < -0.39 is 23.5 Å². The molecule has 1 N–H and O–H groups in total. The fourth-order valence-corrected chi connectivity index (χ4v) is 3.87. The van der Waals surface area contributed by atoms with Crippen LogP contribution in [0.4, 0.5) is 5.69 Å². The van der Waals surface area contributed by atoms with Gasteiger partial charge in [0.05, 0.1) is 11.6 Å². The predicted molar refractivity (Wildman–Crippen MR) is 113 cm³/mol. The van der Waals surface area contributed by atoms with Crippen LogP contribution in [-0.4, -0.2) is 16.8 Å². The monoisotopic (exact) mass is 395 g/mol. The summed E-state index contributed by atoms with van der Waals surface area (Å²) >= 11 is 0. The van der Waals surface area contributed by atoms with Crippen LogP contribution in [-0.2, 0) is 4.79 Å². The third kappa shape index (κ3) is 2.79. The van der Waals surface area contributed by atoms with Gasteiger partial charge in [-0.05, 0) is 29.8 Å². The van der Waals surface area contributed by atoms with Gasteiger partial charge in [-0.3, -0.25) is 14.5 Å². The molecule has 4 aromatic rings. The van der Waals surface area contributed by atoms with Crippen LogP contribution in [0.2, 0.25) is 0 Å². The van der Waals surface area contributed by atoms with E-state index in [1.165, 1.54) is 4.90 Å². The molecule has 5 rings (SSSR count). The Morgan fingerprint density at radius 2 is 1.50 bits per heavy atom. The number of ketones is 1. The van der Waals surface area contributed by atoms with E-state index in [0.717, 1.165) is 10.9 Å². The van der Waals surface area contributed by atoms with E-state index in [0.29, 0.717) is 11.3 Å². The van der Waals surface area contributed by atoms with Crippen molar-refractivity contribution < 1.29 is 19.1 Å². The third-order valence-corrected chi connectivity index (χ3v) is 5.25. The molecular formula is C25H17NO4. The average Bonchev–Trinajstić information content (AvgIpc) is 3.34. The Kier molecular flexibility index (Phi) is 4.21. The number of rotatable bonds is 4. The van der Waals surface area contributed by atoms with Crippen molar-refractivity contribution in [2.24, 2.45) is 0 Å². The van der Waals surface area contributed by atoms with Gasteiger partial charge in [-0.2, -0.15) is 0 Å². The highest BCUT2D eigenvalue weighted by atomic mass is 16.3. The van der Waals surface area contributed by atoms with Crippen molar-refractivity contribution in [3.05, 3.63) is 114 Å². The lowest BCUT2D eigenvalue weighted by Crippen LogP contribution is -2.30. The van der Waals surface area contributed by atoms with E-state index in [1.807, 2.05) is 54.6 Å². The molecule has 2 heterocycles. The topological polar surface area (TPSA) is 70.8 Å². The van der Waals surface area contributed by atoms with Gasteiger partial charge in [-0.1, -0.05) is 66.7 Å². The maximum absolute atomic E-state index is 13.4. The van der Waals surface area contributed by atoms with E-state index in [9.17, 15) is 14.7 Å². The quantitative estimate of drug-likeness (QED) is 0.481. The summed E-state index contributed by atoms with van der Waals surface area (Å²) in [6.45, 7) is 0. The van der Waals surface area contributed by atoms with Gasteiger partial charge in [-0.15, -0.1) is 0 Å². The number of aliphatic hydroxyl groups is 1. The molecule has 1 amide bonds. The van der Waals surface area contributed by atoms with Crippen molar-refractivity contribution in [1.29, 1.82) is 0 Å². The molecule has 0 fully saturated rings. The van der Waals surface area contributed by atoms with Crippen LogP contribution >= 0.6 is 0 Å². The van der Waals surface area contributed by atoms with Crippen LogP contribution in [0.15, 0.2) is 107 Å². The summed E-state index contributed by atoms with van der Waals surface area (Å²) in [4.78, 5) is 27.9. The van der Waals surface area contributed by atoms with Crippen LogP contribution in [0.5, 0.6) is 0 Å². The zero-order valence-corrected chi connectivity index (χ0v) is 15.9. The molecule has 1 aliphatic heterocycles. The summed E-state index contributed by atoms with van der Waals surface area (Å²) in [7, 11) is 0. The first-order valence-corrected chi connectivity index (χ1v) is 9.55. The molecule has 5 nitrogen and oxygen atoms in total. The lowest BCUT2D eigenvalue weighted by Gasteiger charge is -2.26. The lowest BCUT2D eigenvalue weighted by molar-refractivity contribution is -0.117. The number of carbonyl (C=O) groups is 2. The van der Waals surface area contributed by atoms with Crippen molar-refractivity contribution in [3.8, 4) is 0 Å². The molecule has 1 atom stereocenters. The second kappa shape index (κ2) is 7.04. The van der Waals surface area contributed by atoms with Crippen LogP contribution in [0.1, 0.15) is 22.2 Å². The molecule has 0 bridgehead atoms. The Balaban J connectivity index is 1.66. The number of hydrogen-bond acceptors (Lipinski definition) is 4. The number of nitrogens with zero attached hydrogens (tertiary/aromatic N) is 1. The van der Waals surface area contributed by atoms with Crippen molar-refractivity contribution in [2.45, 2.75) is 6.04 Å². The van der Waals surface area contributed by atoms with Gasteiger partial charge in [0.1, 0.15) is 5.58 Å². The van der Waals surface area contributed by atoms with Crippen molar-refractivity contribution in [2.75, 3.05) is 4.90 Å². The molecule has 0 radical (unpaired) electrons. The van der Waals surface area contributed by atoms with Crippen LogP contribution < -0.4 is 4.90 Å². The second-order valence-electron chi connectivity index (χ2n) is 7.06. The summed E-state index contributed by atoms with van der Waals surface area (Å²) in [6, 6.07) is 26.3. The van der Waals surface area contributed by atoms with Gasteiger partial charge in [0.2, 0.25) is 5.78 Å². The molecule has 0 aliphatic carbocycles. The van der Waals surface area contributed by atoms with Crippen LogP contribution in [0.3, 0.4) is 0 Å². The van der Waals surface area contributed by atoms with Crippen LogP contribution in [0, 0.1) is 0 Å². The normalized spacial score (nSPS) is 16.5. The number of benzene rings is 3. The summed E-state index contributed by atoms with van der Waals surface area (Å²) in [6.07, 6.45) is 0. The van der Waals surface area contributed by atoms with Gasteiger partial charge >= 0.3 is 0 Å². The number of amides is 1. The Morgan fingerprint density at radius 1 is 0.867 bits per heavy atom. The van der Waals surface area contributed by atoms with Gasteiger partial charge in [0.15, 0.2) is 11.5 Å². The molecule has 0 spiro atoms. The molecule has 0 saturated heterocycles. The fourth-order valence-electron chi connectivity index (χ4n) is 3.87. The van der Waals surface area contributed by atoms with Gasteiger partial charge in [-0.25, -0.2) is 0 Å². The summed E-state index contributed by atoms with van der Waals surface area (Å²) < 4.78 is 5.73. The Hall–Kier alpha value is -4.12. The first kappa shape index (κ1) is 17.9. The minimum Gasteiger partial charge on any atom is -0.503 e. The Labute approximate surface area is 172 Å². The summed E-state index contributed by atoms with van der Waals surface area (Å²) in [5.74, 6) is -1.60. The number of carbonyl (C=O) groups excluding carboxylic acids is 2. The molecule has 1 aliphatic rings. The minimum atomic E-state index is -0.762. The third-order valence-electron chi connectivity index (χ3n) is 5.25. The maximum atomic E-state index is 13.4. The molecule has 146 valence electrons. The molecule has 0 saturated carbocycles. The first-order valence-electron chi connectivity index (χ1n) is 9.55. The highest BCUT2D eigenvalue weighted by molar-refractivity contribution is 6.20. The molecule has 1 aromatic heterocycles. The lowest BCUT2D eigenvalue weighted by atomic mass is 9.95. The number of Topliss-reactive ketones (excluding diaryl/α,β-unsaturated/α-hetero) is 1. The smallest absolute Gasteiger partial charge is 0.294 e. The Morgan fingerprint density at radius 3 is 2.20 bits per heavy atom. The van der Waals surface area contributed by atoms with E-state index in [4.69, 9.17) is 4.42 Å². The Bertz CT molecular complexity index is 1260. The SMILES string of the molecule is O=C(C1=C(O)C(=O)N(c2ccccc2)C1c1ccccc1)c1cc2ccccc2o1. The van der Waals surface area contributed by atoms with E-state index in [-0.39, 0.29) is 11.3 Å². The number of para-hydroxylation sites is 2. The van der Waals surface area contributed by atoms with Gasteiger partial charge < -0.3 is 9.52 Å². The van der Waals surface area contributed by atoms with Crippen molar-refractivity contribution >= 4 is 28.3 Å². The molecule has 3 aromatic carbocycles. The highest BCUT2D eigenvalue weighted by Crippen LogP contribution is 2.42. The molecule has 1 unspecified atom stereocenters. The average molecular weight is 395 g/mol. The standard InChI is InChI=1S/C25H17NO4/c27-23(20-15-17-11-7-8-14-19(17)30-20)21-22(16-9-3-1-4-10-16)26(25(29)24(21)28)18-12-5-2-6-13-18/h1-15,22,28H. The number of hydrogen-bond donors (Lipinski definition) is 1. The van der Waals surface area contributed by atoms with Crippen molar-refractivity contribution in [1.82, 2.24) is 0 Å². The number of furan rings is 1. The summed E-state index contributed by atoms with van der Waals surface area (Å²) in [5.41, 5.74) is 1.89. The van der Waals surface area contributed by atoms with Gasteiger partial charge in [0.25, 0.3) is 5.91 Å². The second-order valence-corrected chi connectivity index (χ2v) is 7.06. The molecule has 30 heavy (non-hydrogen) atoms. The number of fused-ring (bicyclic) bond motifs is 1. The maximum Gasteiger partial charge on any atom is 0.294 e. The predicted octanol–water partition coefficient (Wildman–Crippen LogP) is 5.22. The number of anilines is 1. The minimum absolute atomic E-state index is 0.00843. The van der Waals surface area contributed by atoms with E-state index in [1.54, 1.807) is 36.4 Å². The fraction of sp³-hybridized carbons (Fsp3) is 0.0400. The number of aliphatic hydroxyl groups excluding tert-OH is 1. The largest absolute Gasteiger partial charge is 0.503 e. The van der Waals surface area contributed by atoms with Crippen LogP contribution in [0.25, 0.3) is 11.0 Å². The van der Waals surface area contributed by atoms with E-state index in [2.05, 4.69) is 0 Å². The van der Waals surface area contributed by atoms with Gasteiger partial charge in [0, 0.05) is 11.1 Å². The highest BCUT2D eigenvalue weighted by Gasteiger charge is 2.45. The zero-order valence-electron chi connectivity index (χ0n) is 15.9. The molecule has 5 heteroatoms. The first-order chi connectivity index (χ1) is 14.6. The molecular weight excluding hydrogens is 378 g/mol. The summed E-state index contributed by atoms with van der Waals surface area (Å²) in [5, 5.41) is 11.5. The zero-order chi connectivity index (χ0) is 20.7.